The number of nitrogens with zero attached hydrogens (tertiary/aromatic N) is 2. The normalized spacial score (nSPS) is 16.1. The molecule has 150 valence electrons. The average molecular weight is 395 g/mol. The summed E-state index contributed by atoms with van der Waals surface area (Å²) >= 11 is 0. The van der Waals surface area contributed by atoms with Crippen molar-refractivity contribution < 1.29 is 19.2 Å². The number of esters is 1. The van der Waals surface area contributed by atoms with Crippen LogP contribution in [0.3, 0.4) is 0 Å². The van der Waals surface area contributed by atoms with Crippen molar-refractivity contribution in [3.8, 4) is 0 Å². The molecular formula is C21H21N3O5. The molecule has 1 N–H and O–H groups in total. The lowest BCUT2D eigenvalue weighted by Gasteiger charge is -2.21. The zero-order chi connectivity index (χ0) is 20.5. The summed E-state index contributed by atoms with van der Waals surface area (Å²) in [5.74, 6) is -1.08. The molecule has 1 amide bonds. The molecule has 8 nitrogen and oxygen atoms in total. The summed E-state index contributed by atoms with van der Waals surface area (Å²) in [5.41, 5.74) is 2.14. The van der Waals surface area contributed by atoms with Crippen molar-refractivity contribution in [1.82, 2.24) is 0 Å². The Morgan fingerprint density at radius 2 is 2.00 bits per heavy atom. The summed E-state index contributed by atoms with van der Waals surface area (Å²) in [7, 11) is 0. The van der Waals surface area contributed by atoms with E-state index in [-0.39, 0.29) is 23.2 Å². The van der Waals surface area contributed by atoms with Crippen LogP contribution in [0.1, 0.15) is 35.7 Å². The molecule has 0 bridgehead atoms. The largest absolute Gasteiger partial charge is 0.449 e. The summed E-state index contributed by atoms with van der Waals surface area (Å²) in [5, 5.41) is 14.5. The van der Waals surface area contributed by atoms with Gasteiger partial charge >= 0.3 is 5.97 Å². The number of para-hydroxylation sites is 1. The fourth-order valence-electron chi connectivity index (χ4n) is 3.44. The molecule has 1 atom stereocenters. The zero-order valence-corrected chi connectivity index (χ0v) is 16.0. The van der Waals surface area contributed by atoms with E-state index >= 15 is 0 Å². The van der Waals surface area contributed by atoms with Crippen molar-refractivity contribution in [3.63, 3.8) is 0 Å². The van der Waals surface area contributed by atoms with Crippen LogP contribution in [0.15, 0.2) is 42.5 Å². The maximum atomic E-state index is 12.8. The Morgan fingerprint density at radius 1 is 1.24 bits per heavy atom. The first-order valence-corrected chi connectivity index (χ1v) is 9.59. The number of carbonyl (C=O) groups excluding carboxylic acids is 2. The SMILES string of the molecule is C[C@H](OC(=O)c1ccc(NC2CC2)c([N+](=O)[O-])c1)C(=O)N1CCc2ccccc21. The van der Waals surface area contributed by atoms with Crippen LogP contribution in [-0.4, -0.2) is 35.5 Å². The lowest BCUT2D eigenvalue weighted by molar-refractivity contribution is -0.384. The number of rotatable bonds is 6. The van der Waals surface area contributed by atoms with Gasteiger partial charge in [0, 0.05) is 24.3 Å². The Morgan fingerprint density at radius 3 is 2.72 bits per heavy atom. The number of carbonyl (C=O) groups is 2. The Kier molecular flexibility index (Phi) is 4.92. The molecule has 1 heterocycles. The fourth-order valence-corrected chi connectivity index (χ4v) is 3.44. The van der Waals surface area contributed by atoms with Gasteiger partial charge in [0.05, 0.1) is 10.5 Å². The molecule has 4 rings (SSSR count). The number of hydrogen-bond acceptors (Lipinski definition) is 6. The quantitative estimate of drug-likeness (QED) is 0.457. The van der Waals surface area contributed by atoms with Gasteiger partial charge in [0.15, 0.2) is 6.10 Å². The molecule has 1 saturated carbocycles. The van der Waals surface area contributed by atoms with E-state index in [9.17, 15) is 19.7 Å². The van der Waals surface area contributed by atoms with Crippen LogP contribution in [0.5, 0.6) is 0 Å². The summed E-state index contributed by atoms with van der Waals surface area (Å²) in [6.07, 6.45) is 1.70. The van der Waals surface area contributed by atoms with Crippen LogP contribution < -0.4 is 10.2 Å². The van der Waals surface area contributed by atoms with E-state index in [4.69, 9.17) is 4.74 Å². The molecule has 2 aliphatic rings. The summed E-state index contributed by atoms with van der Waals surface area (Å²) in [6, 6.07) is 12.0. The van der Waals surface area contributed by atoms with Crippen molar-refractivity contribution in [2.24, 2.45) is 0 Å². The van der Waals surface area contributed by atoms with E-state index in [1.54, 1.807) is 4.90 Å². The maximum Gasteiger partial charge on any atom is 0.339 e. The van der Waals surface area contributed by atoms with E-state index in [2.05, 4.69) is 5.32 Å². The summed E-state index contributed by atoms with van der Waals surface area (Å²) in [6.45, 7) is 2.05. The highest BCUT2D eigenvalue weighted by molar-refractivity contribution is 6.00. The third-order valence-corrected chi connectivity index (χ3v) is 5.15. The Bertz CT molecular complexity index is 986. The smallest absolute Gasteiger partial charge is 0.339 e. The number of ether oxygens (including phenoxy) is 1. The van der Waals surface area contributed by atoms with Crippen molar-refractivity contribution in [1.29, 1.82) is 0 Å². The number of fused-ring (bicyclic) bond motifs is 1. The molecule has 0 spiro atoms. The number of nitrogens with one attached hydrogen (secondary N) is 1. The van der Waals surface area contributed by atoms with Crippen LogP contribution >= 0.6 is 0 Å². The molecule has 2 aromatic carbocycles. The third-order valence-electron chi connectivity index (χ3n) is 5.15. The lowest BCUT2D eigenvalue weighted by Crippen LogP contribution is -2.39. The Balaban J connectivity index is 1.46. The average Bonchev–Trinajstić information content (AvgIpc) is 3.42. The summed E-state index contributed by atoms with van der Waals surface area (Å²) in [4.78, 5) is 37.7. The van der Waals surface area contributed by atoms with E-state index < -0.39 is 17.0 Å². The molecule has 1 aliphatic carbocycles. The number of amides is 1. The highest BCUT2D eigenvalue weighted by atomic mass is 16.6. The van der Waals surface area contributed by atoms with Gasteiger partial charge in [0.25, 0.3) is 11.6 Å². The van der Waals surface area contributed by atoms with Gasteiger partial charge in [-0.05, 0) is 49.9 Å². The van der Waals surface area contributed by atoms with Gasteiger partial charge in [0.1, 0.15) is 5.69 Å². The second kappa shape index (κ2) is 7.54. The van der Waals surface area contributed by atoms with Crippen molar-refractivity contribution >= 4 is 28.9 Å². The standard InChI is InChI=1S/C21H21N3O5/c1-13(20(25)23-11-10-14-4-2-3-5-18(14)23)29-21(26)15-6-9-17(22-16-7-8-16)19(12-15)24(27)28/h2-6,9,12-13,16,22H,7-8,10-11H2,1H3/t13-/m0/s1. The number of nitro benzene ring substituents is 1. The molecule has 1 fully saturated rings. The van der Waals surface area contributed by atoms with E-state index in [0.29, 0.717) is 12.2 Å². The van der Waals surface area contributed by atoms with Gasteiger partial charge in [-0.1, -0.05) is 18.2 Å². The second-order valence-corrected chi connectivity index (χ2v) is 7.32. The molecule has 29 heavy (non-hydrogen) atoms. The van der Waals surface area contributed by atoms with Crippen molar-refractivity contribution in [3.05, 3.63) is 63.7 Å². The van der Waals surface area contributed by atoms with Gasteiger partial charge in [-0.15, -0.1) is 0 Å². The first-order valence-electron chi connectivity index (χ1n) is 9.59. The maximum absolute atomic E-state index is 12.8. The molecule has 1 aliphatic heterocycles. The fraction of sp³-hybridized carbons (Fsp3) is 0.333. The first kappa shape index (κ1) is 18.9. The van der Waals surface area contributed by atoms with Crippen LogP contribution in [-0.2, 0) is 16.0 Å². The predicted molar refractivity (Wildman–Crippen MR) is 107 cm³/mol. The van der Waals surface area contributed by atoms with Crippen molar-refractivity contribution in [2.45, 2.75) is 38.3 Å². The highest BCUT2D eigenvalue weighted by Crippen LogP contribution is 2.32. The van der Waals surface area contributed by atoms with Gasteiger partial charge in [-0.25, -0.2) is 4.79 Å². The number of nitro groups is 1. The van der Waals surface area contributed by atoms with E-state index in [1.807, 2.05) is 24.3 Å². The topological polar surface area (TPSA) is 102 Å². The monoisotopic (exact) mass is 395 g/mol. The molecule has 0 unspecified atom stereocenters. The lowest BCUT2D eigenvalue weighted by atomic mass is 10.1. The highest BCUT2D eigenvalue weighted by Gasteiger charge is 2.31. The molecular weight excluding hydrogens is 374 g/mol. The third kappa shape index (κ3) is 3.91. The minimum absolute atomic E-state index is 0.0412. The molecule has 2 aromatic rings. The van der Waals surface area contributed by atoms with Crippen LogP contribution in [0.4, 0.5) is 17.1 Å². The molecule has 8 heteroatoms. The van der Waals surface area contributed by atoms with Gasteiger partial charge in [0.2, 0.25) is 0 Å². The number of benzene rings is 2. The first-order chi connectivity index (χ1) is 13.9. The van der Waals surface area contributed by atoms with E-state index in [1.165, 1.54) is 25.1 Å². The Labute approximate surface area is 167 Å². The minimum atomic E-state index is -1.00. The van der Waals surface area contributed by atoms with Crippen LogP contribution in [0, 0.1) is 10.1 Å². The van der Waals surface area contributed by atoms with Crippen molar-refractivity contribution in [2.75, 3.05) is 16.8 Å². The zero-order valence-electron chi connectivity index (χ0n) is 16.0. The predicted octanol–water partition coefficient (Wildman–Crippen LogP) is 3.30. The van der Waals surface area contributed by atoms with Gasteiger partial charge < -0.3 is 15.0 Å². The second-order valence-electron chi connectivity index (χ2n) is 7.32. The Hall–Kier alpha value is -3.42. The summed E-state index contributed by atoms with van der Waals surface area (Å²) < 4.78 is 5.32. The number of hydrogen-bond donors (Lipinski definition) is 1. The van der Waals surface area contributed by atoms with Gasteiger partial charge in [-0.3, -0.25) is 14.9 Å². The van der Waals surface area contributed by atoms with Crippen LogP contribution in [0.2, 0.25) is 0 Å². The molecule has 0 saturated heterocycles. The number of anilines is 2. The van der Waals surface area contributed by atoms with Gasteiger partial charge in [-0.2, -0.15) is 0 Å². The minimum Gasteiger partial charge on any atom is -0.449 e. The molecule has 0 aromatic heterocycles. The molecule has 0 radical (unpaired) electrons. The van der Waals surface area contributed by atoms with Crippen LogP contribution in [0.25, 0.3) is 0 Å². The van der Waals surface area contributed by atoms with E-state index in [0.717, 1.165) is 30.5 Å².